The molecule has 1 N–H and O–H groups in total. The Kier molecular flexibility index (Phi) is 5.62. The number of aryl methyl sites for hydroxylation is 1. The molecule has 0 aliphatic carbocycles. The van der Waals surface area contributed by atoms with Gasteiger partial charge in [0, 0.05) is 12.1 Å². The van der Waals surface area contributed by atoms with Gasteiger partial charge in [0.1, 0.15) is 12.4 Å². The predicted molar refractivity (Wildman–Crippen MR) is 100 cm³/mol. The van der Waals surface area contributed by atoms with Crippen molar-refractivity contribution in [3.8, 4) is 0 Å². The van der Waals surface area contributed by atoms with Crippen molar-refractivity contribution in [2.75, 3.05) is 6.54 Å². The Balaban J connectivity index is 1.53. The van der Waals surface area contributed by atoms with Crippen LogP contribution < -0.4 is 5.32 Å². The van der Waals surface area contributed by atoms with Gasteiger partial charge in [-0.05, 0) is 29.5 Å². The van der Waals surface area contributed by atoms with Gasteiger partial charge >= 0.3 is 11.5 Å². The minimum absolute atomic E-state index is 0.0845. The lowest BCUT2D eigenvalue weighted by Gasteiger charge is -2.06. The zero-order valence-electron chi connectivity index (χ0n) is 15.4. The van der Waals surface area contributed by atoms with Gasteiger partial charge in [-0.2, -0.15) is 9.78 Å². The van der Waals surface area contributed by atoms with Crippen molar-refractivity contribution in [2.45, 2.75) is 20.0 Å². The lowest BCUT2D eigenvalue weighted by molar-refractivity contribution is -0.389. The van der Waals surface area contributed by atoms with Crippen LogP contribution in [0.5, 0.6) is 0 Å². The molecular weight excluding hydrogens is 382 g/mol. The molecule has 2 heterocycles. The van der Waals surface area contributed by atoms with Crippen molar-refractivity contribution in [3.05, 3.63) is 79.8 Å². The molecule has 0 aliphatic rings. The second-order valence-corrected chi connectivity index (χ2v) is 6.23. The first-order valence-electron chi connectivity index (χ1n) is 8.56. The Labute approximate surface area is 164 Å². The first-order valence-corrected chi connectivity index (χ1v) is 8.56. The van der Waals surface area contributed by atoms with Crippen molar-refractivity contribution in [1.29, 1.82) is 0 Å². The maximum atomic E-state index is 12.2. The zero-order valence-corrected chi connectivity index (χ0v) is 15.4. The van der Waals surface area contributed by atoms with E-state index in [-0.39, 0.29) is 24.0 Å². The lowest BCUT2D eigenvalue weighted by Crippen LogP contribution is -2.27. The van der Waals surface area contributed by atoms with Gasteiger partial charge in [-0.3, -0.25) is 19.6 Å². The van der Waals surface area contributed by atoms with Crippen LogP contribution in [0.25, 0.3) is 0 Å². The molecule has 3 rings (SSSR count). The minimum Gasteiger partial charge on any atom is -0.358 e. The average molecular weight is 399 g/mol. The summed E-state index contributed by atoms with van der Waals surface area (Å²) in [5.41, 5.74) is 1.83. The molecule has 0 fully saturated rings. The van der Waals surface area contributed by atoms with Crippen LogP contribution in [-0.2, 0) is 13.1 Å². The summed E-state index contributed by atoms with van der Waals surface area (Å²) in [5.74, 6) is -0.516. The molecule has 1 aromatic carbocycles. The lowest BCUT2D eigenvalue weighted by atomic mass is 10.1. The topological polar surface area (TPSA) is 151 Å². The molecule has 0 aliphatic heterocycles. The Bertz CT molecular complexity index is 1050. The van der Waals surface area contributed by atoms with Crippen molar-refractivity contribution in [2.24, 2.45) is 0 Å². The Morgan fingerprint density at radius 2 is 1.90 bits per heavy atom. The van der Waals surface area contributed by atoms with Gasteiger partial charge in [0.2, 0.25) is 0 Å². The molecule has 3 aromatic rings. The van der Waals surface area contributed by atoms with E-state index in [0.717, 1.165) is 5.56 Å². The number of nitrogens with zero attached hydrogens (tertiary/aromatic N) is 6. The Hall–Kier alpha value is -4.09. The molecule has 0 bridgehead atoms. The summed E-state index contributed by atoms with van der Waals surface area (Å²) in [6.45, 7) is 2.61. The molecule has 0 radical (unpaired) electrons. The molecule has 0 saturated heterocycles. The van der Waals surface area contributed by atoms with Crippen molar-refractivity contribution < 1.29 is 14.6 Å². The average Bonchev–Trinajstić information content (AvgIpc) is 3.29. The van der Waals surface area contributed by atoms with Crippen LogP contribution in [0.15, 0.2) is 42.7 Å². The Morgan fingerprint density at radius 3 is 2.48 bits per heavy atom. The first-order chi connectivity index (χ1) is 13.8. The van der Waals surface area contributed by atoms with Crippen LogP contribution in [-0.4, -0.2) is 41.9 Å². The molecule has 1 amide bonds. The maximum absolute atomic E-state index is 12.2. The summed E-state index contributed by atoms with van der Waals surface area (Å²) in [6, 6.07) is 8.14. The highest BCUT2D eigenvalue weighted by atomic mass is 16.6. The Morgan fingerprint density at radius 1 is 1.17 bits per heavy atom. The van der Waals surface area contributed by atoms with Gasteiger partial charge < -0.3 is 15.4 Å². The molecule has 150 valence electrons. The van der Waals surface area contributed by atoms with Crippen LogP contribution in [0.1, 0.15) is 21.6 Å². The van der Waals surface area contributed by atoms with Crippen molar-refractivity contribution >= 4 is 17.4 Å². The third-order valence-corrected chi connectivity index (χ3v) is 4.16. The molecule has 2 aromatic heterocycles. The zero-order chi connectivity index (χ0) is 21.0. The number of aromatic nitrogens is 4. The van der Waals surface area contributed by atoms with E-state index < -0.39 is 9.85 Å². The van der Waals surface area contributed by atoms with E-state index in [1.807, 2.05) is 0 Å². The van der Waals surface area contributed by atoms with Gasteiger partial charge in [0.25, 0.3) is 5.91 Å². The monoisotopic (exact) mass is 399 g/mol. The highest BCUT2D eigenvalue weighted by Crippen LogP contribution is 2.12. The SMILES string of the molecule is Cc1cc([N+](=O)[O-])nn1CCNC(=O)c1ccc(Cn2cc([N+](=O)[O-])cn2)cc1. The van der Waals surface area contributed by atoms with E-state index >= 15 is 0 Å². The number of nitrogens with one attached hydrogen (secondary N) is 1. The highest BCUT2D eigenvalue weighted by molar-refractivity contribution is 5.94. The van der Waals surface area contributed by atoms with E-state index in [1.165, 1.54) is 27.8 Å². The summed E-state index contributed by atoms with van der Waals surface area (Å²) in [4.78, 5) is 32.6. The number of benzene rings is 1. The second kappa shape index (κ2) is 8.29. The maximum Gasteiger partial charge on any atom is 0.390 e. The smallest absolute Gasteiger partial charge is 0.358 e. The normalized spacial score (nSPS) is 10.7. The fraction of sp³-hybridized carbons (Fsp3) is 0.235. The quantitative estimate of drug-likeness (QED) is 0.447. The van der Waals surface area contributed by atoms with Gasteiger partial charge in [-0.1, -0.05) is 12.1 Å². The molecule has 0 saturated carbocycles. The van der Waals surface area contributed by atoms with E-state index in [4.69, 9.17) is 0 Å². The van der Waals surface area contributed by atoms with Crippen LogP contribution in [0.3, 0.4) is 0 Å². The van der Waals surface area contributed by atoms with Gasteiger partial charge in [0.05, 0.1) is 34.9 Å². The van der Waals surface area contributed by atoms with Gasteiger partial charge in [0.15, 0.2) is 0 Å². The number of carbonyl (C=O) groups is 1. The van der Waals surface area contributed by atoms with Gasteiger partial charge in [-0.15, -0.1) is 0 Å². The number of hydrogen-bond acceptors (Lipinski definition) is 7. The minimum atomic E-state index is -0.564. The first kappa shape index (κ1) is 19.7. The summed E-state index contributed by atoms with van der Waals surface area (Å²) in [7, 11) is 0. The number of amides is 1. The van der Waals surface area contributed by atoms with E-state index in [1.54, 1.807) is 31.2 Å². The van der Waals surface area contributed by atoms with E-state index in [2.05, 4.69) is 15.5 Å². The van der Waals surface area contributed by atoms with Crippen LogP contribution in [0.2, 0.25) is 0 Å². The number of nitro groups is 2. The summed E-state index contributed by atoms with van der Waals surface area (Å²) in [5, 5.41) is 31.9. The van der Waals surface area contributed by atoms with E-state index in [9.17, 15) is 25.0 Å². The third kappa shape index (κ3) is 4.80. The molecule has 0 unspecified atom stereocenters. The standard InChI is InChI=1S/C17H17N7O5/c1-12-8-16(24(28)29)20-22(12)7-6-18-17(25)14-4-2-13(3-5-14)10-21-11-15(9-19-21)23(26)27/h2-5,8-9,11H,6-7,10H2,1H3,(H,18,25). The molecular formula is C17H17N7O5. The highest BCUT2D eigenvalue weighted by Gasteiger charge is 2.15. The summed E-state index contributed by atoms with van der Waals surface area (Å²) in [6.07, 6.45) is 2.51. The van der Waals surface area contributed by atoms with Crippen LogP contribution in [0, 0.1) is 27.2 Å². The molecule has 29 heavy (non-hydrogen) atoms. The second-order valence-electron chi connectivity index (χ2n) is 6.23. The molecule has 12 nitrogen and oxygen atoms in total. The summed E-state index contributed by atoms with van der Waals surface area (Å²) >= 11 is 0. The fourth-order valence-corrected chi connectivity index (χ4v) is 2.67. The fourth-order valence-electron chi connectivity index (χ4n) is 2.67. The predicted octanol–water partition coefficient (Wildman–Crippen LogP) is 1.68. The van der Waals surface area contributed by atoms with E-state index in [0.29, 0.717) is 24.3 Å². The number of carbonyl (C=O) groups excluding carboxylic acids is 1. The van der Waals surface area contributed by atoms with Gasteiger partial charge in [-0.25, -0.2) is 0 Å². The third-order valence-electron chi connectivity index (χ3n) is 4.16. The molecule has 0 spiro atoms. The van der Waals surface area contributed by atoms with Crippen molar-refractivity contribution in [3.63, 3.8) is 0 Å². The van der Waals surface area contributed by atoms with Crippen LogP contribution in [0.4, 0.5) is 11.5 Å². The van der Waals surface area contributed by atoms with Crippen molar-refractivity contribution in [1.82, 2.24) is 24.9 Å². The molecule has 12 heteroatoms. The largest absolute Gasteiger partial charge is 0.390 e. The summed E-state index contributed by atoms with van der Waals surface area (Å²) < 4.78 is 2.91. The molecule has 0 atom stereocenters. The number of rotatable bonds is 8. The van der Waals surface area contributed by atoms with Crippen LogP contribution >= 0.6 is 0 Å². The number of hydrogen-bond donors (Lipinski definition) is 1.